The zero-order chi connectivity index (χ0) is 19.9. The lowest BCUT2D eigenvalue weighted by Crippen LogP contribution is -2.32. The summed E-state index contributed by atoms with van der Waals surface area (Å²) in [5, 5.41) is 7.07. The van der Waals surface area contributed by atoms with Crippen LogP contribution >= 0.6 is 0 Å². The molecule has 2 aromatic carbocycles. The molecule has 1 aromatic heterocycles. The molecule has 1 amide bonds. The van der Waals surface area contributed by atoms with Crippen molar-refractivity contribution in [2.75, 3.05) is 13.7 Å². The second-order valence-electron chi connectivity index (χ2n) is 6.16. The van der Waals surface area contributed by atoms with E-state index >= 15 is 0 Å². The van der Waals surface area contributed by atoms with Crippen LogP contribution in [-0.4, -0.2) is 29.3 Å². The molecule has 28 heavy (non-hydrogen) atoms. The highest BCUT2D eigenvalue weighted by Gasteiger charge is 2.06. The second-order valence-corrected chi connectivity index (χ2v) is 6.16. The van der Waals surface area contributed by atoms with E-state index in [-0.39, 0.29) is 36.8 Å². The van der Waals surface area contributed by atoms with Gasteiger partial charge in [0, 0.05) is 18.2 Å². The fraction of sp³-hybridized carbons (Fsp3) is 0.190. The SMILES string of the molecule is COc1ccc(CC(=O)NCCn2nc(-c3ccc(F)cc3)ccc2=O)cc1. The van der Waals surface area contributed by atoms with E-state index in [1.165, 1.54) is 22.9 Å². The fourth-order valence-corrected chi connectivity index (χ4v) is 2.68. The van der Waals surface area contributed by atoms with E-state index in [4.69, 9.17) is 4.74 Å². The van der Waals surface area contributed by atoms with E-state index in [9.17, 15) is 14.0 Å². The predicted molar refractivity (Wildman–Crippen MR) is 104 cm³/mol. The lowest BCUT2D eigenvalue weighted by molar-refractivity contribution is -0.120. The van der Waals surface area contributed by atoms with Gasteiger partial charge in [0.1, 0.15) is 11.6 Å². The Bertz CT molecular complexity index is 999. The molecule has 1 heterocycles. The van der Waals surface area contributed by atoms with Gasteiger partial charge >= 0.3 is 0 Å². The zero-order valence-corrected chi connectivity index (χ0v) is 15.4. The summed E-state index contributed by atoms with van der Waals surface area (Å²) in [6, 6.07) is 16.1. The van der Waals surface area contributed by atoms with Gasteiger partial charge in [0.05, 0.1) is 25.8 Å². The number of benzene rings is 2. The van der Waals surface area contributed by atoms with Gasteiger partial charge in [0.15, 0.2) is 0 Å². The number of hydrogen-bond acceptors (Lipinski definition) is 4. The Labute approximate surface area is 161 Å². The Morgan fingerprint density at radius 3 is 2.46 bits per heavy atom. The van der Waals surface area contributed by atoms with Gasteiger partial charge < -0.3 is 10.1 Å². The van der Waals surface area contributed by atoms with E-state index in [1.807, 2.05) is 12.1 Å². The first kappa shape index (κ1) is 19.3. The van der Waals surface area contributed by atoms with Crippen molar-refractivity contribution in [1.82, 2.24) is 15.1 Å². The van der Waals surface area contributed by atoms with E-state index in [0.717, 1.165) is 11.3 Å². The standard InChI is InChI=1S/C21H20FN3O3/c1-28-18-8-2-15(3-9-18)14-20(26)23-12-13-25-21(27)11-10-19(24-25)16-4-6-17(22)7-5-16/h2-11H,12-14H2,1H3,(H,23,26). The lowest BCUT2D eigenvalue weighted by Gasteiger charge is -2.09. The average molecular weight is 381 g/mol. The lowest BCUT2D eigenvalue weighted by atomic mass is 10.1. The summed E-state index contributed by atoms with van der Waals surface area (Å²) in [6.07, 6.45) is 0.238. The number of hydrogen-bond donors (Lipinski definition) is 1. The minimum atomic E-state index is -0.336. The first-order valence-electron chi connectivity index (χ1n) is 8.79. The number of carbonyl (C=O) groups is 1. The average Bonchev–Trinajstić information content (AvgIpc) is 2.70. The molecule has 3 aromatic rings. The van der Waals surface area contributed by atoms with Gasteiger partial charge in [-0.2, -0.15) is 5.10 Å². The minimum absolute atomic E-state index is 0.145. The highest BCUT2D eigenvalue weighted by molar-refractivity contribution is 5.78. The molecule has 0 spiro atoms. The number of nitrogens with zero attached hydrogens (tertiary/aromatic N) is 2. The van der Waals surface area contributed by atoms with Crippen LogP contribution < -0.4 is 15.6 Å². The molecule has 1 N–H and O–H groups in total. The van der Waals surface area contributed by atoms with Crippen LogP contribution in [0.5, 0.6) is 5.75 Å². The summed E-state index contributed by atoms with van der Waals surface area (Å²) in [5.41, 5.74) is 1.87. The van der Waals surface area contributed by atoms with Crippen LogP contribution in [0, 0.1) is 5.82 Å². The molecule has 0 aliphatic heterocycles. The molecule has 144 valence electrons. The summed E-state index contributed by atoms with van der Waals surface area (Å²) >= 11 is 0. The highest BCUT2D eigenvalue weighted by atomic mass is 19.1. The Morgan fingerprint density at radius 2 is 1.79 bits per heavy atom. The van der Waals surface area contributed by atoms with E-state index in [0.29, 0.717) is 11.3 Å². The van der Waals surface area contributed by atoms with Gasteiger partial charge in [-0.1, -0.05) is 12.1 Å². The maximum atomic E-state index is 13.1. The molecule has 0 unspecified atom stereocenters. The molecule has 3 rings (SSSR count). The van der Waals surface area contributed by atoms with Crippen molar-refractivity contribution in [2.45, 2.75) is 13.0 Å². The van der Waals surface area contributed by atoms with Crippen LogP contribution in [0.3, 0.4) is 0 Å². The van der Waals surface area contributed by atoms with Crippen LogP contribution in [0.1, 0.15) is 5.56 Å². The first-order chi connectivity index (χ1) is 13.5. The summed E-state index contributed by atoms with van der Waals surface area (Å²) in [6.45, 7) is 0.511. The van der Waals surface area contributed by atoms with Crippen molar-refractivity contribution in [1.29, 1.82) is 0 Å². The van der Waals surface area contributed by atoms with Crippen molar-refractivity contribution in [3.63, 3.8) is 0 Å². The van der Waals surface area contributed by atoms with Crippen molar-refractivity contribution < 1.29 is 13.9 Å². The number of rotatable bonds is 7. The van der Waals surface area contributed by atoms with Crippen molar-refractivity contribution in [3.8, 4) is 17.0 Å². The van der Waals surface area contributed by atoms with Gasteiger partial charge in [0.2, 0.25) is 5.91 Å². The number of nitrogens with one attached hydrogen (secondary N) is 1. The summed E-state index contributed by atoms with van der Waals surface area (Å²) in [7, 11) is 1.59. The molecule has 0 aliphatic carbocycles. The molecule has 0 aliphatic rings. The maximum absolute atomic E-state index is 13.1. The van der Waals surface area contributed by atoms with Crippen LogP contribution in [-0.2, 0) is 17.8 Å². The van der Waals surface area contributed by atoms with E-state index in [1.54, 1.807) is 37.4 Å². The van der Waals surface area contributed by atoms with Gasteiger partial charge in [-0.3, -0.25) is 9.59 Å². The Hall–Kier alpha value is -3.48. The molecule has 7 heteroatoms. The third kappa shape index (κ3) is 5.03. The molecule has 0 radical (unpaired) electrons. The number of aromatic nitrogens is 2. The first-order valence-corrected chi connectivity index (χ1v) is 8.79. The summed E-state index contributed by atoms with van der Waals surface area (Å²) < 4.78 is 19.4. The largest absolute Gasteiger partial charge is 0.497 e. The van der Waals surface area contributed by atoms with Gasteiger partial charge in [-0.05, 0) is 48.0 Å². The Kier molecular flexibility index (Phi) is 6.16. The quantitative estimate of drug-likeness (QED) is 0.682. The van der Waals surface area contributed by atoms with Crippen LogP contribution in [0.2, 0.25) is 0 Å². The summed E-state index contributed by atoms with van der Waals surface area (Å²) in [4.78, 5) is 24.1. The molecule has 0 bridgehead atoms. The molecule has 0 fully saturated rings. The third-order valence-corrected chi connectivity index (χ3v) is 4.18. The summed E-state index contributed by atoms with van der Waals surface area (Å²) in [5.74, 6) is 0.250. The number of methoxy groups -OCH3 is 1. The minimum Gasteiger partial charge on any atom is -0.497 e. The fourth-order valence-electron chi connectivity index (χ4n) is 2.68. The Balaban J connectivity index is 1.57. The van der Waals surface area contributed by atoms with E-state index in [2.05, 4.69) is 10.4 Å². The molecular formula is C21H20FN3O3. The second kappa shape index (κ2) is 8.94. The van der Waals surface area contributed by atoms with Crippen LogP contribution in [0.4, 0.5) is 4.39 Å². The van der Waals surface area contributed by atoms with Gasteiger partial charge in [0.25, 0.3) is 5.56 Å². The maximum Gasteiger partial charge on any atom is 0.266 e. The Morgan fingerprint density at radius 1 is 1.07 bits per heavy atom. The van der Waals surface area contributed by atoms with Crippen molar-refractivity contribution in [2.24, 2.45) is 0 Å². The highest BCUT2D eigenvalue weighted by Crippen LogP contribution is 2.15. The van der Waals surface area contributed by atoms with Gasteiger partial charge in [-0.25, -0.2) is 9.07 Å². The topological polar surface area (TPSA) is 73.2 Å². The zero-order valence-electron chi connectivity index (χ0n) is 15.4. The number of carbonyl (C=O) groups excluding carboxylic acids is 1. The van der Waals surface area contributed by atoms with Gasteiger partial charge in [-0.15, -0.1) is 0 Å². The van der Waals surface area contributed by atoms with Crippen molar-refractivity contribution in [3.05, 3.63) is 82.4 Å². The van der Waals surface area contributed by atoms with Crippen molar-refractivity contribution >= 4 is 5.91 Å². The number of halogens is 1. The molecule has 0 atom stereocenters. The number of ether oxygens (including phenoxy) is 1. The number of amides is 1. The molecular weight excluding hydrogens is 361 g/mol. The molecule has 6 nitrogen and oxygen atoms in total. The smallest absolute Gasteiger partial charge is 0.266 e. The monoisotopic (exact) mass is 381 g/mol. The third-order valence-electron chi connectivity index (χ3n) is 4.18. The molecule has 0 saturated heterocycles. The predicted octanol–water partition coefficient (Wildman–Crippen LogP) is 2.42. The van der Waals surface area contributed by atoms with E-state index < -0.39 is 0 Å². The molecule has 0 saturated carbocycles. The van der Waals surface area contributed by atoms with Crippen LogP contribution in [0.15, 0.2) is 65.5 Å². The van der Waals surface area contributed by atoms with Crippen LogP contribution in [0.25, 0.3) is 11.3 Å². The normalized spacial score (nSPS) is 10.5.